The fraction of sp³-hybridized carbons (Fsp3) is 0.429. The van der Waals surface area contributed by atoms with Gasteiger partial charge in [-0.05, 0) is 32.0 Å². The van der Waals surface area contributed by atoms with Crippen molar-refractivity contribution < 1.29 is 23.8 Å². The number of aromatic nitrogens is 2. The maximum absolute atomic E-state index is 15.0. The van der Waals surface area contributed by atoms with Gasteiger partial charge in [0.05, 0.1) is 43.6 Å². The molecule has 170 valence electrons. The van der Waals surface area contributed by atoms with E-state index in [2.05, 4.69) is 25.5 Å². The van der Waals surface area contributed by atoms with Gasteiger partial charge in [-0.2, -0.15) is 0 Å². The molecule has 0 aliphatic carbocycles. The summed E-state index contributed by atoms with van der Waals surface area (Å²) in [6.07, 6.45) is -1.04. The van der Waals surface area contributed by atoms with Crippen molar-refractivity contribution in [1.82, 2.24) is 20.2 Å². The van der Waals surface area contributed by atoms with E-state index < -0.39 is 17.9 Å². The van der Waals surface area contributed by atoms with E-state index in [0.29, 0.717) is 43.5 Å². The van der Waals surface area contributed by atoms with Crippen LogP contribution in [-0.2, 0) is 17.8 Å². The van der Waals surface area contributed by atoms with Gasteiger partial charge in [0.1, 0.15) is 11.6 Å². The summed E-state index contributed by atoms with van der Waals surface area (Å²) < 4.78 is 20.5. The van der Waals surface area contributed by atoms with Gasteiger partial charge in [0, 0.05) is 24.3 Å². The van der Waals surface area contributed by atoms with Crippen LogP contribution in [0.25, 0.3) is 11.4 Å². The quantitative estimate of drug-likeness (QED) is 0.663. The number of halogens is 1. The Balaban J connectivity index is 1.72. The van der Waals surface area contributed by atoms with Crippen molar-refractivity contribution in [2.75, 3.05) is 36.5 Å². The van der Waals surface area contributed by atoms with Crippen LogP contribution in [0, 0.1) is 5.82 Å². The van der Waals surface area contributed by atoms with E-state index in [1.54, 1.807) is 13.0 Å². The van der Waals surface area contributed by atoms with Gasteiger partial charge in [0.25, 0.3) is 0 Å². The maximum atomic E-state index is 15.0. The van der Waals surface area contributed by atoms with E-state index in [-0.39, 0.29) is 30.5 Å². The Morgan fingerprint density at radius 1 is 1.31 bits per heavy atom. The van der Waals surface area contributed by atoms with Crippen LogP contribution in [0.15, 0.2) is 18.2 Å². The number of nitrogens with zero attached hydrogens (tertiary/aromatic N) is 4. The molecule has 1 aromatic carbocycles. The molecule has 1 atom stereocenters. The van der Waals surface area contributed by atoms with E-state index in [1.165, 1.54) is 17.0 Å². The Morgan fingerprint density at radius 2 is 2.12 bits per heavy atom. The summed E-state index contributed by atoms with van der Waals surface area (Å²) in [4.78, 5) is 35.7. The summed E-state index contributed by atoms with van der Waals surface area (Å²) in [5.74, 6) is 0.188. The highest BCUT2D eigenvalue weighted by Crippen LogP contribution is 2.34. The molecule has 1 aromatic heterocycles. The average Bonchev–Trinajstić information content (AvgIpc) is 3.18. The van der Waals surface area contributed by atoms with Gasteiger partial charge in [-0.15, -0.1) is 0 Å². The van der Waals surface area contributed by atoms with Gasteiger partial charge in [-0.3, -0.25) is 4.90 Å². The van der Waals surface area contributed by atoms with Gasteiger partial charge in [0.15, 0.2) is 5.82 Å². The Morgan fingerprint density at radius 3 is 2.81 bits per heavy atom. The second-order valence-corrected chi connectivity index (χ2v) is 7.73. The summed E-state index contributed by atoms with van der Waals surface area (Å²) in [5.41, 5.74) is 1.78. The number of carbonyl (C=O) groups excluding carboxylic acids is 1. The number of hydrogen-bond acceptors (Lipinski definition) is 6. The second-order valence-electron chi connectivity index (χ2n) is 7.73. The number of carboxylic acid groups (broad SMARTS) is 1. The predicted molar refractivity (Wildman–Crippen MR) is 115 cm³/mol. The van der Waals surface area contributed by atoms with Crippen LogP contribution in [0.3, 0.4) is 0 Å². The Kier molecular flexibility index (Phi) is 6.08. The number of ether oxygens (including phenoxy) is 1. The number of nitrogens with one attached hydrogen (secondary N) is 2. The monoisotopic (exact) mass is 444 g/mol. The summed E-state index contributed by atoms with van der Waals surface area (Å²) >= 11 is 0. The van der Waals surface area contributed by atoms with Crippen molar-refractivity contribution in [3.8, 4) is 11.4 Å². The minimum atomic E-state index is -1.04. The SMILES string of the molecule is CCNC(=O)Nc1ccc(-c2nc3c(c(N4CCOCC4C)n2)CN(C(=O)O)C3)c(F)c1. The number of morpholine rings is 1. The number of carbonyl (C=O) groups is 2. The van der Waals surface area contributed by atoms with E-state index >= 15 is 0 Å². The number of urea groups is 1. The fourth-order valence-electron chi connectivity index (χ4n) is 3.88. The molecule has 11 heteroatoms. The molecule has 32 heavy (non-hydrogen) atoms. The van der Waals surface area contributed by atoms with Gasteiger partial charge in [0.2, 0.25) is 0 Å². The van der Waals surface area contributed by atoms with Crippen LogP contribution in [0.5, 0.6) is 0 Å². The van der Waals surface area contributed by atoms with Crippen molar-refractivity contribution in [3.63, 3.8) is 0 Å². The molecular weight excluding hydrogens is 419 g/mol. The van der Waals surface area contributed by atoms with Gasteiger partial charge in [-0.1, -0.05) is 0 Å². The standard InChI is InChI=1S/C21H25FN6O4/c1-3-23-20(29)24-13-4-5-14(16(22)8-13)18-25-17-10-27(21(30)31)9-15(17)19(26-18)28-6-7-32-11-12(28)2/h4-5,8,12H,3,6-7,9-11H2,1-2H3,(H,30,31)(H2,23,24,29). The third kappa shape index (κ3) is 4.28. The molecule has 0 radical (unpaired) electrons. The topological polar surface area (TPSA) is 120 Å². The normalized spacial score (nSPS) is 17.8. The number of fused-ring (bicyclic) bond motifs is 1. The smallest absolute Gasteiger partial charge is 0.407 e. The molecule has 2 aliphatic heterocycles. The molecule has 3 amide bonds. The van der Waals surface area contributed by atoms with Crippen molar-refractivity contribution in [2.24, 2.45) is 0 Å². The number of amides is 3. The first-order valence-electron chi connectivity index (χ1n) is 10.4. The highest BCUT2D eigenvalue weighted by molar-refractivity contribution is 5.89. The second kappa shape index (κ2) is 8.95. The third-order valence-electron chi connectivity index (χ3n) is 5.48. The van der Waals surface area contributed by atoms with Crippen LogP contribution in [-0.4, -0.2) is 64.4 Å². The lowest BCUT2D eigenvalue weighted by Gasteiger charge is -2.35. The molecule has 2 aromatic rings. The van der Waals surface area contributed by atoms with Gasteiger partial charge >= 0.3 is 12.1 Å². The maximum Gasteiger partial charge on any atom is 0.407 e. The first-order valence-corrected chi connectivity index (χ1v) is 10.4. The lowest BCUT2D eigenvalue weighted by molar-refractivity contribution is 0.0983. The molecule has 0 spiro atoms. The number of hydrogen-bond donors (Lipinski definition) is 3. The number of benzene rings is 1. The molecule has 1 fully saturated rings. The molecular formula is C21H25FN6O4. The van der Waals surface area contributed by atoms with Crippen molar-refractivity contribution in [1.29, 1.82) is 0 Å². The zero-order chi connectivity index (χ0) is 22.8. The largest absolute Gasteiger partial charge is 0.465 e. The molecule has 2 aliphatic rings. The average molecular weight is 444 g/mol. The van der Waals surface area contributed by atoms with E-state index in [4.69, 9.17) is 4.74 Å². The number of anilines is 2. The van der Waals surface area contributed by atoms with Crippen molar-refractivity contribution >= 4 is 23.6 Å². The molecule has 3 N–H and O–H groups in total. The molecule has 10 nitrogen and oxygen atoms in total. The highest BCUT2D eigenvalue weighted by atomic mass is 19.1. The fourth-order valence-corrected chi connectivity index (χ4v) is 3.88. The predicted octanol–water partition coefficient (Wildman–Crippen LogP) is 2.64. The molecule has 4 rings (SSSR count). The van der Waals surface area contributed by atoms with Crippen molar-refractivity contribution in [3.05, 3.63) is 35.3 Å². The van der Waals surface area contributed by atoms with E-state index in [1.807, 2.05) is 6.92 Å². The van der Waals surface area contributed by atoms with Crippen LogP contribution < -0.4 is 15.5 Å². The van der Waals surface area contributed by atoms with E-state index in [0.717, 1.165) is 5.56 Å². The summed E-state index contributed by atoms with van der Waals surface area (Å²) in [5, 5.41) is 14.6. The van der Waals surface area contributed by atoms with Gasteiger partial charge < -0.3 is 25.4 Å². The summed E-state index contributed by atoms with van der Waals surface area (Å²) in [6, 6.07) is 3.90. The van der Waals surface area contributed by atoms with Crippen LogP contribution in [0.2, 0.25) is 0 Å². The highest BCUT2D eigenvalue weighted by Gasteiger charge is 2.33. The first-order chi connectivity index (χ1) is 15.4. The lowest BCUT2D eigenvalue weighted by Crippen LogP contribution is -2.44. The number of rotatable bonds is 4. The van der Waals surface area contributed by atoms with Gasteiger partial charge in [-0.25, -0.2) is 23.9 Å². The summed E-state index contributed by atoms with van der Waals surface area (Å²) in [6.45, 7) is 6.17. The van der Waals surface area contributed by atoms with Crippen LogP contribution >= 0.6 is 0 Å². The van der Waals surface area contributed by atoms with Crippen molar-refractivity contribution in [2.45, 2.75) is 33.0 Å². The molecule has 1 unspecified atom stereocenters. The Hall–Kier alpha value is -3.47. The summed E-state index contributed by atoms with van der Waals surface area (Å²) in [7, 11) is 0. The molecule has 3 heterocycles. The van der Waals surface area contributed by atoms with E-state index in [9.17, 15) is 19.1 Å². The first kappa shape index (κ1) is 21.8. The Labute approximate surface area is 184 Å². The van der Waals surface area contributed by atoms with Crippen LogP contribution in [0.4, 0.5) is 25.5 Å². The Bertz CT molecular complexity index is 1050. The van der Waals surface area contributed by atoms with Crippen LogP contribution in [0.1, 0.15) is 25.1 Å². The third-order valence-corrected chi connectivity index (χ3v) is 5.48. The zero-order valence-corrected chi connectivity index (χ0v) is 17.9. The molecule has 0 saturated carbocycles. The molecule has 1 saturated heterocycles. The zero-order valence-electron chi connectivity index (χ0n) is 17.9. The minimum Gasteiger partial charge on any atom is -0.465 e. The lowest BCUT2D eigenvalue weighted by atomic mass is 10.1. The molecule has 0 bridgehead atoms. The minimum absolute atomic E-state index is 0.0305.